The maximum absolute atomic E-state index is 11.6. The van der Waals surface area contributed by atoms with E-state index >= 15 is 0 Å². The lowest BCUT2D eigenvalue weighted by Crippen LogP contribution is -2.29. The van der Waals surface area contributed by atoms with Gasteiger partial charge in [-0.25, -0.2) is 0 Å². The molecule has 2 N–H and O–H groups in total. The Bertz CT molecular complexity index is 477. The second-order valence-corrected chi connectivity index (χ2v) is 5.20. The molecule has 0 radical (unpaired) electrons. The zero-order valence-electron chi connectivity index (χ0n) is 10.8. The number of carboxylic acids is 1. The molecule has 5 nitrogen and oxygen atoms in total. The lowest BCUT2D eigenvalue weighted by Gasteiger charge is -2.11. The Morgan fingerprint density at radius 2 is 1.95 bits per heavy atom. The lowest BCUT2D eigenvalue weighted by molar-refractivity contribution is -0.135. The van der Waals surface area contributed by atoms with E-state index in [1.54, 1.807) is 24.3 Å². The number of carbonyl (C=O) groups excluding carboxylic acids is 1. The van der Waals surface area contributed by atoms with E-state index in [1.165, 1.54) is 12.8 Å². The van der Waals surface area contributed by atoms with Crippen LogP contribution in [-0.4, -0.2) is 30.1 Å². The molecule has 1 aliphatic carbocycles. The van der Waals surface area contributed by atoms with Gasteiger partial charge < -0.3 is 15.2 Å². The Balaban J connectivity index is 1.86. The molecule has 0 spiro atoms. The molecule has 0 unspecified atom stereocenters. The normalized spacial score (nSPS) is 15.6. The molecule has 0 heterocycles. The van der Waals surface area contributed by atoms with Gasteiger partial charge in [0.15, 0.2) is 0 Å². The molecule has 1 aromatic rings. The van der Waals surface area contributed by atoms with Crippen molar-refractivity contribution in [3.63, 3.8) is 0 Å². The number of aliphatic carboxylic acids is 1. The van der Waals surface area contributed by atoms with Crippen molar-refractivity contribution in [3.05, 3.63) is 29.8 Å². The molecule has 0 saturated heterocycles. The van der Waals surface area contributed by atoms with E-state index in [2.05, 4.69) is 12.2 Å². The average molecular weight is 263 g/mol. The van der Waals surface area contributed by atoms with Gasteiger partial charge in [-0.05, 0) is 37.1 Å². The van der Waals surface area contributed by atoms with Crippen LogP contribution in [0.3, 0.4) is 0 Å². The zero-order chi connectivity index (χ0) is 13.9. The minimum absolute atomic E-state index is 0.317. The summed E-state index contributed by atoms with van der Waals surface area (Å²) in [6, 6.07) is 6.70. The van der Waals surface area contributed by atoms with Crippen molar-refractivity contribution in [3.8, 4) is 5.75 Å². The van der Waals surface area contributed by atoms with Crippen molar-refractivity contribution in [2.45, 2.75) is 19.8 Å². The predicted molar refractivity (Wildman–Crippen MR) is 69.2 cm³/mol. The number of rotatable bonds is 6. The summed E-state index contributed by atoms with van der Waals surface area (Å²) in [5.41, 5.74) is 0.739. The van der Waals surface area contributed by atoms with Crippen LogP contribution < -0.4 is 10.1 Å². The van der Waals surface area contributed by atoms with Crippen LogP contribution in [0.15, 0.2) is 24.3 Å². The highest BCUT2D eigenvalue weighted by Crippen LogP contribution is 2.45. The van der Waals surface area contributed by atoms with E-state index in [0.29, 0.717) is 17.6 Å². The Morgan fingerprint density at radius 1 is 1.32 bits per heavy atom. The van der Waals surface area contributed by atoms with E-state index in [4.69, 9.17) is 9.84 Å². The van der Waals surface area contributed by atoms with E-state index in [-0.39, 0.29) is 6.54 Å². The molecule has 0 aromatic heterocycles. The first-order valence-electron chi connectivity index (χ1n) is 6.21. The monoisotopic (exact) mass is 263 g/mol. The maximum Gasteiger partial charge on any atom is 0.322 e. The van der Waals surface area contributed by atoms with Crippen LogP contribution in [0.4, 0.5) is 0 Å². The Morgan fingerprint density at radius 3 is 2.47 bits per heavy atom. The van der Waals surface area contributed by atoms with Crippen LogP contribution in [0.2, 0.25) is 0 Å². The zero-order valence-corrected chi connectivity index (χ0v) is 10.8. The summed E-state index contributed by atoms with van der Waals surface area (Å²) in [4.78, 5) is 21.9. The molecule has 2 rings (SSSR count). The molecule has 1 aliphatic rings. The number of ether oxygens (including phenoxy) is 1. The Hall–Kier alpha value is -2.04. The lowest BCUT2D eigenvalue weighted by atomic mass is 10.1. The van der Waals surface area contributed by atoms with Gasteiger partial charge in [-0.1, -0.05) is 6.92 Å². The highest BCUT2D eigenvalue weighted by Gasteiger charge is 2.38. The molecule has 1 saturated carbocycles. The fourth-order valence-corrected chi connectivity index (χ4v) is 1.58. The molecular weight excluding hydrogens is 246 g/mol. The second kappa shape index (κ2) is 5.30. The van der Waals surface area contributed by atoms with E-state index < -0.39 is 11.9 Å². The molecule has 0 bridgehead atoms. The maximum atomic E-state index is 11.6. The molecule has 1 amide bonds. The standard InChI is InChI=1S/C14H17NO4/c1-14(6-7-14)9-19-11-4-2-10(3-5-11)13(18)15-8-12(16)17/h2-5H,6-9H2,1H3,(H,15,18)(H,16,17). The van der Waals surface area contributed by atoms with Gasteiger partial charge in [0.05, 0.1) is 6.61 Å². The fraction of sp³-hybridized carbons (Fsp3) is 0.429. The number of amides is 1. The number of benzene rings is 1. The van der Waals surface area contributed by atoms with Crippen molar-refractivity contribution < 1.29 is 19.4 Å². The summed E-state index contributed by atoms with van der Waals surface area (Å²) in [5.74, 6) is -0.739. The van der Waals surface area contributed by atoms with Crippen LogP contribution in [0.1, 0.15) is 30.1 Å². The van der Waals surface area contributed by atoms with Gasteiger partial charge in [-0.2, -0.15) is 0 Å². The third kappa shape index (κ3) is 3.98. The first-order chi connectivity index (χ1) is 8.98. The summed E-state index contributed by atoms with van der Waals surface area (Å²) in [6.45, 7) is 2.49. The van der Waals surface area contributed by atoms with Gasteiger partial charge in [-0.15, -0.1) is 0 Å². The van der Waals surface area contributed by atoms with Crippen molar-refractivity contribution in [1.29, 1.82) is 0 Å². The predicted octanol–water partition coefficient (Wildman–Crippen LogP) is 1.68. The van der Waals surface area contributed by atoms with Crippen LogP contribution >= 0.6 is 0 Å². The fourth-order valence-electron chi connectivity index (χ4n) is 1.58. The van der Waals surface area contributed by atoms with Crippen molar-refractivity contribution in [2.75, 3.05) is 13.2 Å². The largest absolute Gasteiger partial charge is 0.493 e. The van der Waals surface area contributed by atoms with Crippen molar-refractivity contribution in [2.24, 2.45) is 5.41 Å². The summed E-state index contributed by atoms with van der Waals surface area (Å²) in [5, 5.41) is 10.8. The summed E-state index contributed by atoms with van der Waals surface area (Å²) in [7, 11) is 0. The van der Waals surface area contributed by atoms with Gasteiger partial charge >= 0.3 is 5.97 Å². The first-order valence-corrected chi connectivity index (χ1v) is 6.21. The van der Waals surface area contributed by atoms with Crippen molar-refractivity contribution >= 4 is 11.9 Å². The summed E-state index contributed by atoms with van der Waals surface area (Å²) in [6.07, 6.45) is 2.39. The van der Waals surface area contributed by atoms with Crippen LogP contribution in [0, 0.1) is 5.41 Å². The third-order valence-corrected chi connectivity index (χ3v) is 3.21. The molecule has 0 atom stereocenters. The van der Waals surface area contributed by atoms with E-state index in [0.717, 1.165) is 5.75 Å². The van der Waals surface area contributed by atoms with Crippen LogP contribution in [0.5, 0.6) is 5.75 Å². The third-order valence-electron chi connectivity index (χ3n) is 3.21. The smallest absolute Gasteiger partial charge is 0.322 e. The number of hydrogen-bond acceptors (Lipinski definition) is 3. The highest BCUT2D eigenvalue weighted by molar-refractivity contribution is 5.95. The van der Waals surface area contributed by atoms with E-state index in [9.17, 15) is 9.59 Å². The molecule has 0 aliphatic heterocycles. The first kappa shape index (κ1) is 13.4. The molecule has 1 aromatic carbocycles. The van der Waals surface area contributed by atoms with Crippen LogP contribution in [0.25, 0.3) is 0 Å². The second-order valence-electron chi connectivity index (χ2n) is 5.20. The van der Waals surface area contributed by atoms with Gasteiger partial charge in [-0.3, -0.25) is 9.59 Å². The SMILES string of the molecule is CC1(COc2ccc(C(=O)NCC(=O)O)cc2)CC1. The number of carbonyl (C=O) groups is 2. The molecule has 19 heavy (non-hydrogen) atoms. The molecular formula is C14H17NO4. The average Bonchev–Trinajstić information content (AvgIpc) is 3.13. The molecule has 102 valence electrons. The Labute approximate surface area is 111 Å². The summed E-state index contributed by atoms with van der Waals surface area (Å²) < 4.78 is 5.64. The highest BCUT2D eigenvalue weighted by atomic mass is 16.5. The van der Waals surface area contributed by atoms with Gasteiger partial charge in [0.1, 0.15) is 12.3 Å². The summed E-state index contributed by atoms with van der Waals surface area (Å²) >= 11 is 0. The number of hydrogen-bond donors (Lipinski definition) is 2. The van der Waals surface area contributed by atoms with Crippen LogP contribution in [-0.2, 0) is 4.79 Å². The molecule has 5 heteroatoms. The van der Waals surface area contributed by atoms with Gasteiger partial charge in [0.25, 0.3) is 5.91 Å². The number of nitrogens with one attached hydrogen (secondary N) is 1. The minimum atomic E-state index is -1.06. The number of carboxylic acid groups (broad SMARTS) is 1. The minimum Gasteiger partial charge on any atom is -0.493 e. The quantitative estimate of drug-likeness (QED) is 0.818. The van der Waals surface area contributed by atoms with Gasteiger partial charge in [0.2, 0.25) is 0 Å². The topological polar surface area (TPSA) is 75.6 Å². The molecule has 1 fully saturated rings. The van der Waals surface area contributed by atoms with Gasteiger partial charge in [0, 0.05) is 11.0 Å². The van der Waals surface area contributed by atoms with E-state index in [1.807, 2.05) is 0 Å². The Kier molecular flexibility index (Phi) is 3.74. The van der Waals surface area contributed by atoms with Crippen molar-refractivity contribution in [1.82, 2.24) is 5.32 Å².